The third kappa shape index (κ3) is 6.15. The standard InChI is InChI=1S/C13H20.C11H16/c1-5-11(4)13-8-10(3)7-12(6-2)9-13;1-8(2)11-7-9(3)5-6-10(11)4/h7-9,11H,5-6H2,1-4H3;5-8H,1-4H3. The van der Waals surface area contributed by atoms with Gasteiger partial charge in [0.2, 0.25) is 0 Å². The Balaban J connectivity index is 0.000000243. The molecule has 0 spiro atoms. The maximum atomic E-state index is 2.35. The van der Waals surface area contributed by atoms with E-state index in [1.54, 1.807) is 0 Å². The monoisotopic (exact) mass is 324 g/mol. The fourth-order valence-electron chi connectivity index (χ4n) is 3.00. The van der Waals surface area contributed by atoms with E-state index in [4.69, 9.17) is 0 Å². The molecule has 0 aromatic heterocycles. The van der Waals surface area contributed by atoms with Gasteiger partial charge in [0.25, 0.3) is 0 Å². The van der Waals surface area contributed by atoms with E-state index < -0.39 is 0 Å². The molecule has 0 aliphatic rings. The molecule has 0 N–H and O–H groups in total. The van der Waals surface area contributed by atoms with Gasteiger partial charge in [0.05, 0.1) is 0 Å². The zero-order valence-corrected chi connectivity index (χ0v) is 17.0. The van der Waals surface area contributed by atoms with Gasteiger partial charge in [-0.15, -0.1) is 0 Å². The molecule has 0 bridgehead atoms. The lowest BCUT2D eigenvalue weighted by Gasteiger charge is -2.11. The Hall–Kier alpha value is -1.56. The van der Waals surface area contributed by atoms with E-state index in [2.05, 4.69) is 91.8 Å². The predicted molar refractivity (Wildman–Crippen MR) is 109 cm³/mol. The van der Waals surface area contributed by atoms with Crippen molar-refractivity contribution in [3.8, 4) is 0 Å². The van der Waals surface area contributed by atoms with Crippen LogP contribution in [0.4, 0.5) is 0 Å². The Bertz CT molecular complexity index is 634. The van der Waals surface area contributed by atoms with Gasteiger partial charge in [0, 0.05) is 0 Å². The van der Waals surface area contributed by atoms with Gasteiger partial charge < -0.3 is 0 Å². The largest absolute Gasteiger partial charge is 0.0648 e. The van der Waals surface area contributed by atoms with Gasteiger partial charge in [-0.05, 0) is 67.7 Å². The van der Waals surface area contributed by atoms with Crippen molar-refractivity contribution in [3.05, 3.63) is 69.8 Å². The van der Waals surface area contributed by atoms with Crippen molar-refractivity contribution in [2.45, 2.75) is 80.1 Å². The van der Waals surface area contributed by atoms with Crippen LogP contribution in [0.1, 0.15) is 86.3 Å². The Morgan fingerprint density at radius 2 is 1.46 bits per heavy atom. The molecule has 0 aliphatic carbocycles. The maximum Gasteiger partial charge on any atom is -0.0193 e. The fraction of sp³-hybridized carbons (Fsp3) is 0.500. The van der Waals surface area contributed by atoms with Gasteiger partial charge in [-0.25, -0.2) is 0 Å². The van der Waals surface area contributed by atoms with Crippen LogP contribution in [-0.4, -0.2) is 0 Å². The van der Waals surface area contributed by atoms with E-state index in [0.29, 0.717) is 11.8 Å². The molecular formula is C24H36. The van der Waals surface area contributed by atoms with Crippen LogP contribution in [0.15, 0.2) is 36.4 Å². The molecule has 1 unspecified atom stereocenters. The summed E-state index contributed by atoms with van der Waals surface area (Å²) in [6.07, 6.45) is 2.37. The van der Waals surface area contributed by atoms with E-state index >= 15 is 0 Å². The van der Waals surface area contributed by atoms with Gasteiger partial charge in [0.1, 0.15) is 0 Å². The smallest absolute Gasteiger partial charge is 0.0193 e. The predicted octanol–water partition coefficient (Wildman–Crippen LogP) is 7.50. The highest BCUT2D eigenvalue weighted by Gasteiger charge is 2.04. The molecule has 0 aliphatic heterocycles. The van der Waals surface area contributed by atoms with Crippen LogP contribution in [0.5, 0.6) is 0 Å². The van der Waals surface area contributed by atoms with Crippen molar-refractivity contribution < 1.29 is 0 Å². The maximum absolute atomic E-state index is 2.35. The molecule has 132 valence electrons. The van der Waals surface area contributed by atoms with Crippen molar-refractivity contribution in [2.75, 3.05) is 0 Å². The number of benzene rings is 2. The van der Waals surface area contributed by atoms with Crippen molar-refractivity contribution in [1.29, 1.82) is 0 Å². The summed E-state index contributed by atoms with van der Waals surface area (Å²) >= 11 is 0. The van der Waals surface area contributed by atoms with Gasteiger partial charge in [-0.3, -0.25) is 0 Å². The zero-order valence-electron chi connectivity index (χ0n) is 17.0. The minimum Gasteiger partial charge on any atom is -0.0648 e. The Labute approximate surface area is 150 Å². The van der Waals surface area contributed by atoms with Gasteiger partial charge in [-0.1, -0.05) is 82.1 Å². The van der Waals surface area contributed by atoms with Gasteiger partial charge in [0.15, 0.2) is 0 Å². The molecular weight excluding hydrogens is 288 g/mol. The summed E-state index contributed by atoms with van der Waals surface area (Å²) in [7, 11) is 0. The number of hydrogen-bond donors (Lipinski definition) is 0. The van der Waals surface area contributed by atoms with Crippen LogP contribution >= 0.6 is 0 Å². The summed E-state index contributed by atoms with van der Waals surface area (Å²) in [5, 5.41) is 0. The van der Waals surface area contributed by atoms with Crippen LogP contribution in [0, 0.1) is 20.8 Å². The Kier molecular flexibility index (Phi) is 8.25. The molecule has 0 saturated carbocycles. The normalized spacial score (nSPS) is 11.9. The molecule has 2 aromatic carbocycles. The van der Waals surface area contributed by atoms with Gasteiger partial charge >= 0.3 is 0 Å². The minimum atomic E-state index is 0.648. The lowest BCUT2D eigenvalue weighted by molar-refractivity contribution is 0.731. The number of hydrogen-bond acceptors (Lipinski definition) is 0. The number of aryl methyl sites for hydroxylation is 4. The van der Waals surface area contributed by atoms with Crippen LogP contribution < -0.4 is 0 Å². The molecule has 24 heavy (non-hydrogen) atoms. The van der Waals surface area contributed by atoms with Crippen LogP contribution in [-0.2, 0) is 6.42 Å². The van der Waals surface area contributed by atoms with E-state index in [1.807, 2.05) is 0 Å². The molecule has 0 nitrogen and oxygen atoms in total. The second kappa shape index (κ2) is 9.67. The van der Waals surface area contributed by atoms with E-state index in [9.17, 15) is 0 Å². The highest BCUT2D eigenvalue weighted by Crippen LogP contribution is 2.21. The van der Waals surface area contributed by atoms with E-state index in [-0.39, 0.29) is 0 Å². The van der Waals surface area contributed by atoms with E-state index in [1.165, 1.54) is 39.8 Å². The Morgan fingerprint density at radius 1 is 0.792 bits per heavy atom. The first-order chi connectivity index (χ1) is 11.3. The molecule has 0 amide bonds. The first kappa shape index (κ1) is 20.5. The Morgan fingerprint density at radius 3 is 1.96 bits per heavy atom. The molecule has 0 heterocycles. The molecule has 1 atom stereocenters. The molecule has 2 aromatic rings. The molecule has 0 heteroatoms. The number of rotatable bonds is 4. The average molecular weight is 325 g/mol. The van der Waals surface area contributed by atoms with Crippen molar-refractivity contribution in [1.82, 2.24) is 0 Å². The average Bonchev–Trinajstić information content (AvgIpc) is 2.56. The highest BCUT2D eigenvalue weighted by atomic mass is 14.1. The summed E-state index contributed by atoms with van der Waals surface area (Å²) in [6.45, 7) is 17.7. The topological polar surface area (TPSA) is 0 Å². The van der Waals surface area contributed by atoms with Crippen molar-refractivity contribution >= 4 is 0 Å². The SMILES string of the molecule is CCc1cc(C)cc(C(C)CC)c1.Cc1ccc(C)c(C(C)C)c1. The van der Waals surface area contributed by atoms with Crippen LogP contribution in [0.3, 0.4) is 0 Å². The fourth-order valence-corrected chi connectivity index (χ4v) is 3.00. The van der Waals surface area contributed by atoms with E-state index in [0.717, 1.165) is 6.42 Å². The highest BCUT2D eigenvalue weighted by molar-refractivity contribution is 5.32. The molecule has 0 radical (unpaired) electrons. The second-order valence-corrected chi connectivity index (χ2v) is 7.43. The minimum absolute atomic E-state index is 0.648. The molecule has 0 fully saturated rings. The summed E-state index contributed by atoms with van der Waals surface area (Å²) in [5.74, 6) is 1.35. The lowest BCUT2D eigenvalue weighted by atomic mass is 9.94. The molecule has 2 rings (SSSR count). The second-order valence-electron chi connectivity index (χ2n) is 7.43. The summed E-state index contributed by atoms with van der Waals surface area (Å²) in [6, 6.07) is 13.6. The third-order valence-electron chi connectivity index (χ3n) is 4.81. The lowest BCUT2D eigenvalue weighted by Crippen LogP contribution is -1.94. The third-order valence-corrected chi connectivity index (χ3v) is 4.81. The summed E-state index contributed by atoms with van der Waals surface area (Å²) < 4.78 is 0. The quantitative estimate of drug-likeness (QED) is 0.546. The summed E-state index contributed by atoms with van der Waals surface area (Å²) in [4.78, 5) is 0. The first-order valence-electron chi connectivity index (χ1n) is 9.46. The molecule has 0 saturated heterocycles. The zero-order chi connectivity index (χ0) is 18.3. The summed E-state index contributed by atoms with van der Waals surface area (Å²) in [5.41, 5.74) is 8.61. The van der Waals surface area contributed by atoms with Crippen LogP contribution in [0.25, 0.3) is 0 Å². The van der Waals surface area contributed by atoms with Crippen molar-refractivity contribution in [3.63, 3.8) is 0 Å². The van der Waals surface area contributed by atoms with Crippen molar-refractivity contribution in [2.24, 2.45) is 0 Å². The van der Waals surface area contributed by atoms with Crippen LogP contribution in [0.2, 0.25) is 0 Å². The first-order valence-corrected chi connectivity index (χ1v) is 9.46. The van der Waals surface area contributed by atoms with Gasteiger partial charge in [-0.2, -0.15) is 0 Å².